The van der Waals surface area contributed by atoms with Gasteiger partial charge in [-0.2, -0.15) is 0 Å². The van der Waals surface area contributed by atoms with Gasteiger partial charge in [0.05, 0.1) is 17.8 Å². The van der Waals surface area contributed by atoms with Crippen LogP contribution >= 0.6 is 0 Å². The molecule has 1 atom stereocenters. The molecule has 8 heteroatoms. The molecule has 0 bridgehead atoms. The van der Waals surface area contributed by atoms with Gasteiger partial charge in [0.2, 0.25) is 5.91 Å². The maximum absolute atomic E-state index is 12.5. The van der Waals surface area contributed by atoms with Gasteiger partial charge >= 0.3 is 0 Å². The third-order valence-electron chi connectivity index (χ3n) is 4.04. The maximum Gasteiger partial charge on any atom is 0.244 e. The second-order valence-electron chi connectivity index (χ2n) is 5.40. The van der Waals surface area contributed by atoms with Crippen molar-refractivity contribution in [3.05, 3.63) is 36.7 Å². The van der Waals surface area contributed by atoms with Gasteiger partial charge in [-0.3, -0.25) is 4.79 Å². The van der Waals surface area contributed by atoms with Crippen molar-refractivity contribution in [3.63, 3.8) is 0 Å². The molecule has 0 N–H and O–H groups in total. The summed E-state index contributed by atoms with van der Waals surface area (Å²) in [4.78, 5) is 14.3. The highest BCUT2D eigenvalue weighted by molar-refractivity contribution is 5.80. The minimum atomic E-state index is 0.0540. The van der Waals surface area contributed by atoms with E-state index in [4.69, 9.17) is 0 Å². The second-order valence-corrected chi connectivity index (χ2v) is 5.40. The van der Waals surface area contributed by atoms with Crippen molar-refractivity contribution in [2.75, 3.05) is 13.1 Å². The number of hydrogen-bond donors (Lipinski definition) is 0. The van der Waals surface area contributed by atoms with E-state index in [1.54, 1.807) is 10.9 Å². The predicted molar refractivity (Wildman–Crippen MR) is 77.8 cm³/mol. The Labute approximate surface area is 126 Å². The van der Waals surface area contributed by atoms with Crippen LogP contribution in [0.4, 0.5) is 0 Å². The number of benzene rings is 1. The van der Waals surface area contributed by atoms with Crippen molar-refractivity contribution < 1.29 is 4.79 Å². The maximum atomic E-state index is 12.5. The normalized spacial score (nSPS) is 18.2. The largest absolute Gasteiger partial charge is 0.339 e. The molecular formula is C14H15N7O. The second kappa shape index (κ2) is 5.21. The highest BCUT2D eigenvalue weighted by Crippen LogP contribution is 2.20. The van der Waals surface area contributed by atoms with Crippen LogP contribution in [-0.2, 0) is 11.3 Å². The Hall–Kier alpha value is -2.77. The number of para-hydroxylation sites is 1. The van der Waals surface area contributed by atoms with Crippen LogP contribution in [0.25, 0.3) is 11.0 Å². The van der Waals surface area contributed by atoms with Gasteiger partial charge in [-0.15, -0.1) is 10.2 Å². The number of rotatable bonds is 3. The molecule has 0 radical (unpaired) electrons. The fourth-order valence-corrected chi connectivity index (χ4v) is 2.86. The quantitative estimate of drug-likeness (QED) is 0.703. The molecule has 3 aromatic rings. The molecule has 1 amide bonds. The topological polar surface area (TPSA) is 81.7 Å². The number of amides is 1. The molecule has 0 spiro atoms. The lowest BCUT2D eigenvalue weighted by Gasteiger charge is -2.16. The molecule has 1 aromatic carbocycles. The SMILES string of the molecule is O=C(Cn1nnc2ccccc21)N1CCC(n2ccnn2)C1. The summed E-state index contributed by atoms with van der Waals surface area (Å²) >= 11 is 0. The third-order valence-corrected chi connectivity index (χ3v) is 4.04. The molecule has 1 aliphatic rings. The van der Waals surface area contributed by atoms with Gasteiger partial charge in [0, 0.05) is 19.3 Å². The Morgan fingerprint density at radius 3 is 3.05 bits per heavy atom. The van der Waals surface area contributed by atoms with Crippen LogP contribution in [0, 0.1) is 0 Å². The fraction of sp³-hybridized carbons (Fsp3) is 0.357. The first-order valence-corrected chi connectivity index (χ1v) is 7.23. The smallest absolute Gasteiger partial charge is 0.244 e. The molecule has 2 aromatic heterocycles. The Morgan fingerprint density at radius 1 is 1.27 bits per heavy atom. The minimum absolute atomic E-state index is 0.0540. The van der Waals surface area contributed by atoms with E-state index in [0.29, 0.717) is 6.54 Å². The van der Waals surface area contributed by atoms with Crippen LogP contribution in [0.2, 0.25) is 0 Å². The lowest BCUT2D eigenvalue weighted by Crippen LogP contribution is -2.32. The van der Waals surface area contributed by atoms with Crippen molar-refractivity contribution in [2.45, 2.75) is 19.0 Å². The summed E-state index contributed by atoms with van der Waals surface area (Å²) in [6.45, 7) is 1.61. The van der Waals surface area contributed by atoms with E-state index in [9.17, 15) is 4.79 Å². The van der Waals surface area contributed by atoms with Gasteiger partial charge < -0.3 is 4.90 Å². The zero-order valence-corrected chi connectivity index (χ0v) is 11.9. The van der Waals surface area contributed by atoms with Gasteiger partial charge in [0.15, 0.2) is 0 Å². The average molecular weight is 297 g/mol. The van der Waals surface area contributed by atoms with Gasteiger partial charge in [-0.25, -0.2) is 9.36 Å². The van der Waals surface area contributed by atoms with Crippen LogP contribution in [0.1, 0.15) is 12.5 Å². The molecule has 1 fully saturated rings. The van der Waals surface area contributed by atoms with E-state index < -0.39 is 0 Å². The van der Waals surface area contributed by atoms with E-state index in [1.165, 1.54) is 0 Å². The van der Waals surface area contributed by atoms with E-state index in [2.05, 4.69) is 20.6 Å². The first-order chi connectivity index (χ1) is 10.8. The van der Waals surface area contributed by atoms with Crippen LogP contribution in [0.15, 0.2) is 36.7 Å². The molecule has 112 valence electrons. The van der Waals surface area contributed by atoms with Gasteiger partial charge in [-0.1, -0.05) is 22.6 Å². The fourth-order valence-electron chi connectivity index (χ4n) is 2.86. The van der Waals surface area contributed by atoms with Crippen molar-refractivity contribution >= 4 is 16.9 Å². The first-order valence-electron chi connectivity index (χ1n) is 7.23. The summed E-state index contributed by atoms with van der Waals surface area (Å²) in [5.41, 5.74) is 1.68. The number of likely N-dealkylation sites (tertiary alicyclic amines) is 1. The minimum Gasteiger partial charge on any atom is -0.339 e. The molecule has 1 saturated heterocycles. The summed E-state index contributed by atoms with van der Waals surface area (Å²) in [7, 11) is 0. The van der Waals surface area contributed by atoms with E-state index >= 15 is 0 Å². The van der Waals surface area contributed by atoms with E-state index in [1.807, 2.05) is 40.0 Å². The Bertz CT molecular complexity index is 794. The van der Waals surface area contributed by atoms with Crippen molar-refractivity contribution in [3.8, 4) is 0 Å². The summed E-state index contributed by atoms with van der Waals surface area (Å²) in [5, 5.41) is 16.0. The van der Waals surface area contributed by atoms with Crippen molar-refractivity contribution in [1.82, 2.24) is 34.9 Å². The Morgan fingerprint density at radius 2 is 2.18 bits per heavy atom. The molecule has 3 heterocycles. The number of carbonyl (C=O) groups excluding carboxylic acids is 1. The van der Waals surface area contributed by atoms with E-state index in [-0.39, 0.29) is 18.5 Å². The molecule has 1 unspecified atom stereocenters. The van der Waals surface area contributed by atoms with Crippen LogP contribution < -0.4 is 0 Å². The van der Waals surface area contributed by atoms with Crippen LogP contribution in [0.5, 0.6) is 0 Å². The van der Waals surface area contributed by atoms with Gasteiger partial charge in [0.1, 0.15) is 12.1 Å². The highest BCUT2D eigenvalue weighted by atomic mass is 16.2. The van der Waals surface area contributed by atoms with Gasteiger partial charge in [-0.05, 0) is 18.6 Å². The molecule has 8 nitrogen and oxygen atoms in total. The molecule has 4 rings (SSSR count). The predicted octanol–water partition coefficient (Wildman–Crippen LogP) is 0.496. The molecular weight excluding hydrogens is 282 g/mol. The van der Waals surface area contributed by atoms with Crippen LogP contribution in [-0.4, -0.2) is 53.9 Å². The third kappa shape index (κ3) is 2.22. The van der Waals surface area contributed by atoms with Crippen molar-refractivity contribution in [1.29, 1.82) is 0 Å². The number of nitrogens with zero attached hydrogens (tertiary/aromatic N) is 7. The molecule has 1 aliphatic heterocycles. The lowest BCUT2D eigenvalue weighted by molar-refractivity contribution is -0.131. The molecule has 0 saturated carbocycles. The monoisotopic (exact) mass is 297 g/mol. The number of carbonyl (C=O) groups is 1. The zero-order valence-electron chi connectivity index (χ0n) is 11.9. The Kier molecular flexibility index (Phi) is 3.06. The number of hydrogen-bond acceptors (Lipinski definition) is 5. The number of fused-ring (bicyclic) bond motifs is 1. The molecule has 0 aliphatic carbocycles. The summed E-state index contributed by atoms with van der Waals surface area (Å²) in [5.74, 6) is 0.0540. The van der Waals surface area contributed by atoms with E-state index in [0.717, 1.165) is 24.0 Å². The standard InChI is InChI=1S/C14H15N7O/c22-14(10-21-13-4-2-1-3-12(13)16-18-21)19-7-5-11(9-19)20-8-6-15-17-20/h1-4,6,8,11H,5,7,9-10H2. The molecule has 22 heavy (non-hydrogen) atoms. The summed E-state index contributed by atoms with van der Waals surface area (Å²) in [6, 6.07) is 7.85. The average Bonchev–Trinajstić information content (AvgIpc) is 3.28. The van der Waals surface area contributed by atoms with Crippen molar-refractivity contribution in [2.24, 2.45) is 0 Å². The first kappa shape index (κ1) is 12.9. The Balaban J connectivity index is 1.47. The van der Waals surface area contributed by atoms with Gasteiger partial charge in [0.25, 0.3) is 0 Å². The summed E-state index contributed by atoms with van der Waals surface area (Å²) in [6.07, 6.45) is 4.39. The summed E-state index contributed by atoms with van der Waals surface area (Å²) < 4.78 is 3.47. The zero-order chi connectivity index (χ0) is 14.9. The lowest BCUT2D eigenvalue weighted by atomic mass is 10.3. The van der Waals surface area contributed by atoms with Crippen LogP contribution in [0.3, 0.4) is 0 Å². The number of aromatic nitrogens is 6. The highest BCUT2D eigenvalue weighted by Gasteiger charge is 2.28.